The molecule has 0 heterocycles. The van der Waals surface area contributed by atoms with Crippen molar-refractivity contribution < 1.29 is 4.79 Å². The maximum atomic E-state index is 12.7. The molecule has 1 saturated carbocycles. The van der Waals surface area contributed by atoms with E-state index in [1.807, 2.05) is 66.4 Å². The van der Waals surface area contributed by atoms with Crippen LogP contribution in [0.15, 0.2) is 54.6 Å². The second-order valence-corrected chi connectivity index (χ2v) is 5.80. The lowest BCUT2D eigenvalue weighted by molar-refractivity contribution is -0.119. The van der Waals surface area contributed by atoms with Gasteiger partial charge in [-0.2, -0.15) is 0 Å². The van der Waals surface area contributed by atoms with Gasteiger partial charge in [-0.1, -0.05) is 48.0 Å². The van der Waals surface area contributed by atoms with Gasteiger partial charge in [-0.25, -0.2) is 0 Å². The fourth-order valence-corrected chi connectivity index (χ4v) is 3.14. The van der Waals surface area contributed by atoms with E-state index in [1.165, 1.54) is 0 Å². The third kappa shape index (κ3) is 2.81. The van der Waals surface area contributed by atoms with E-state index < -0.39 is 0 Å². The predicted octanol–water partition coefficient (Wildman–Crippen LogP) is 4.50. The van der Waals surface area contributed by atoms with Gasteiger partial charge >= 0.3 is 0 Å². The summed E-state index contributed by atoms with van der Waals surface area (Å²) < 4.78 is 0. The normalized spacial score (nSPS) is 20.1. The Morgan fingerprint density at radius 1 is 1.14 bits per heavy atom. The Bertz CT molecular complexity index is 641. The molecule has 0 saturated heterocycles. The molecule has 0 spiro atoms. The average molecular weight is 300 g/mol. The van der Waals surface area contributed by atoms with Crippen molar-refractivity contribution in [3.63, 3.8) is 0 Å². The molecule has 0 aliphatic heterocycles. The lowest BCUT2D eigenvalue weighted by atomic mass is 10.1. The van der Waals surface area contributed by atoms with E-state index in [0.29, 0.717) is 6.54 Å². The van der Waals surface area contributed by atoms with Crippen molar-refractivity contribution in [2.24, 2.45) is 5.92 Å². The molecule has 1 fully saturated rings. The first-order valence-electron chi connectivity index (χ1n) is 7.33. The van der Waals surface area contributed by atoms with Crippen LogP contribution in [0, 0.1) is 5.92 Å². The highest BCUT2D eigenvalue weighted by molar-refractivity contribution is 6.31. The fraction of sp³-hybridized carbons (Fsp3) is 0.278. The van der Waals surface area contributed by atoms with Crippen molar-refractivity contribution in [2.45, 2.75) is 19.3 Å². The van der Waals surface area contributed by atoms with Gasteiger partial charge in [-0.15, -0.1) is 0 Å². The van der Waals surface area contributed by atoms with E-state index in [2.05, 4.69) is 0 Å². The molecule has 2 aromatic rings. The summed E-state index contributed by atoms with van der Waals surface area (Å²) in [5.74, 6) is 0.530. The molecule has 0 bridgehead atoms. The van der Waals surface area contributed by atoms with E-state index in [-0.39, 0.29) is 17.7 Å². The number of carbonyl (C=O) groups is 1. The van der Waals surface area contributed by atoms with Crippen LogP contribution in [0.4, 0.5) is 5.69 Å². The summed E-state index contributed by atoms with van der Waals surface area (Å²) in [7, 11) is 0. The van der Waals surface area contributed by atoms with Gasteiger partial charge in [0.2, 0.25) is 5.91 Å². The average Bonchev–Trinajstić information content (AvgIpc) is 3.30. The van der Waals surface area contributed by atoms with Crippen molar-refractivity contribution in [2.75, 3.05) is 11.4 Å². The largest absolute Gasteiger partial charge is 0.312 e. The summed E-state index contributed by atoms with van der Waals surface area (Å²) in [5.41, 5.74) is 2.07. The fourth-order valence-electron chi connectivity index (χ4n) is 2.86. The number of anilines is 1. The quantitative estimate of drug-likeness (QED) is 0.814. The minimum Gasteiger partial charge on any atom is -0.312 e. The lowest BCUT2D eigenvalue weighted by Crippen LogP contribution is -2.32. The summed E-state index contributed by atoms with van der Waals surface area (Å²) in [6.45, 7) is 2.70. The van der Waals surface area contributed by atoms with Crippen LogP contribution in [-0.4, -0.2) is 12.5 Å². The minimum atomic E-state index is 0.0602. The zero-order chi connectivity index (χ0) is 14.8. The Labute approximate surface area is 130 Å². The maximum Gasteiger partial charge on any atom is 0.230 e. The molecule has 21 heavy (non-hydrogen) atoms. The highest BCUT2D eigenvalue weighted by Crippen LogP contribution is 2.50. The zero-order valence-corrected chi connectivity index (χ0v) is 12.8. The summed E-state index contributed by atoms with van der Waals surface area (Å²) in [6, 6.07) is 17.7. The van der Waals surface area contributed by atoms with Crippen LogP contribution >= 0.6 is 11.6 Å². The van der Waals surface area contributed by atoms with Gasteiger partial charge in [0.05, 0.1) is 0 Å². The third-order valence-corrected chi connectivity index (χ3v) is 4.41. The van der Waals surface area contributed by atoms with Crippen molar-refractivity contribution in [3.05, 3.63) is 65.2 Å². The van der Waals surface area contributed by atoms with Crippen LogP contribution < -0.4 is 4.90 Å². The Morgan fingerprint density at radius 2 is 1.81 bits per heavy atom. The standard InChI is InChI=1S/C18H18ClNO/c1-2-20(13-8-4-3-5-9-13)18(21)16-12-15(16)14-10-6-7-11-17(14)19/h3-11,15-16H,2,12H2,1H3. The monoisotopic (exact) mass is 299 g/mol. The number of hydrogen-bond donors (Lipinski definition) is 0. The summed E-state index contributed by atoms with van der Waals surface area (Å²) in [4.78, 5) is 14.6. The number of hydrogen-bond acceptors (Lipinski definition) is 1. The molecule has 3 rings (SSSR count). The maximum absolute atomic E-state index is 12.7. The molecule has 108 valence electrons. The number of amides is 1. The zero-order valence-electron chi connectivity index (χ0n) is 12.0. The highest BCUT2D eigenvalue weighted by Gasteiger charge is 2.46. The SMILES string of the molecule is CCN(C(=O)C1CC1c1ccccc1Cl)c1ccccc1. The summed E-state index contributed by atoms with van der Waals surface area (Å²) in [6.07, 6.45) is 0.895. The van der Waals surface area contributed by atoms with Crippen molar-refractivity contribution in [1.29, 1.82) is 0 Å². The third-order valence-electron chi connectivity index (χ3n) is 4.06. The molecule has 1 aliphatic rings. The van der Waals surface area contributed by atoms with Crippen LogP contribution in [0.3, 0.4) is 0 Å². The first-order valence-corrected chi connectivity index (χ1v) is 7.71. The Hall–Kier alpha value is -1.80. The number of carbonyl (C=O) groups excluding carboxylic acids is 1. The second-order valence-electron chi connectivity index (χ2n) is 5.39. The molecule has 2 atom stereocenters. The lowest BCUT2D eigenvalue weighted by Gasteiger charge is -2.21. The van der Waals surface area contributed by atoms with Crippen LogP contribution in [-0.2, 0) is 4.79 Å². The predicted molar refractivity (Wildman–Crippen MR) is 86.8 cm³/mol. The number of rotatable bonds is 4. The first kappa shape index (κ1) is 14.2. The molecular weight excluding hydrogens is 282 g/mol. The first-order chi connectivity index (χ1) is 10.2. The number of para-hydroxylation sites is 1. The molecule has 0 radical (unpaired) electrons. The molecule has 1 amide bonds. The van der Waals surface area contributed by atoms with Gasteiger partial charge in [-0.3, -0.25) is 4.79 Å². The molecular formula is C18H18ClNO. The second kappa shape index (κ2) is 5.90. The van der Waals surface area contributed by atoms with Crippen LogP contribution in [0.5, 0.6) is 0 Å². The topological polar surface area (TPSA) is 20.3 Å². The van der Waals surface area contributed by atoms with Gasteiger partial charge in [0.15, 0.2) is 0 Å². The number of benzene rings is 2. The van der Waals surface area contributed by atoms with E-state index >= 15 is 0 Å². The van der Waals surface area contributed by atoms with E-state index in [1.54, 1.807) is 0 Å². The number of nitrogens with zero attached hydrogens (tertiary/aromatic N) is 1. The van der Waals surface area contributed by atoms with E-state index in [9.17, 15) is 4.79 Å². The van der Waals surface area contributed by atoms with Gasteiger partial charge in [0.25, 0.3) is 0 Å². The van der Waals surface area contributed by atoms with Gasteiger partial charge in [0, 0.05) is 23.2 Å². The smallest absolute Gasteiger partial charge is 0.230 e. The van der Waals surface area contributed by atoms with Gasteiger partial charge in [-0.05, 0) is 43.0 Å². The molecule has 2 unspecified atom stereocenters. The molecule has 2 aromatic carbocycles. The molecule has 3 heteroatoms. The van der Waals surface area contributed by atoms with Crippen molar-refractivity contribution >= 4 is 23.2 Å². The minimum absolute atomic E-state index is 0.0602. The Morgan fingerprint density at radius 3 is 2.48 bits per heavy atom. The highest BCUT2D eigenvalue weighted by atomic mass is 35.5. The van der Waals surface area contributed by atoms with E-state index in [4.69, 9.17) is 11.6 Å². The summed E-state index contributed by atoms with van der Waals surface area (Å²) in [5, 5.41) is 0.764. The number of halogens is 1. The van der Waals surface area contributed by atoms with Gasteiger partial charge in [0.1, 0.15) is 0 Å². The van der Waals surface area contributed by atoms with Crippen LogP contribution in [0.2, 0.25) is 5.02 Å². The van der Waals surface area contributed by atoms with E-state index in [0.717, 1.165) is 22.7 Å². The molecule has 1 aliphatic carbocycles. The Kier molecular flexibility index (Phi) is 3.98. The molecule has 2 nitrogen and oxygen atoms in total. The Balaban J connectivity index is 1.77. The van der Waals surface area contributed by atoms with Gasteiger partial charge < -0.3 is 4.90 Å². The molecule has 0 N–H and O–H groups in total. The van der Waals surface area contributed by atoms with Crippen LogP contribution in [0.1, 0.15) is 24.8 Å². The molecule has 0 aromatic heterocycles. The van der Waals surface area contributed by atoms with Crippen molar-refractivity contribution in [1.82, 2.24) is 0 Å². The van der Waals surface area contributed by atoms with Crippen LogP contribution in [0.25, 0.3) is 0 Å². The van der Waals surface area contributed by atoms with Crippen molar-refractivity contribution in [3.8, 4) is 0 Å². The summed E-state index contributed by atoms with van der Waals surface area (Å²) >= 11 is 6.23.